The molecule has 76 valence electrons. The van der Waals surface area contributed by atoms with Crippen LogP contribution in [0.5, 0.6) is 0 Å². The second kappa shape index (κ2) is 5.37. The van der Waals surface area contributed by atoms with Crippen molar-refractivity contribution in [1.29, 1.82) is 0 Å². The summed E-state index contributed by atoms with van der Waals surface area (Å²) in [5.74, 6) is 0.115. The number of allylic oxidation sites excluding steroid dienone is 2. The molecule has 0 aliphatic carbocycles. The molecule has 0 aliphatic heterocycles. The first-order valence-electron chi connectivity index (χ1n) is 4.84. The third-order valence-electron chi connectivity index (χ3n) is 1.94. The zero-order valence-electron chi connectivity index (χ0n) is 8.73. The molecule has 0 radical (unpaired) electrons. The quantitative estimate of drug-likeness (QED) is 0.543. The summed E-state index contributed by atoms with van der Waals surface area (Å²) in [4.78, 5) is 15.3. The summed E-state index contributed by atoms with van der Waals surface area (Å²) in [5.41, 5.74) is 1.31. The van der Waals surface area contributed by atoms with Crippen LogP contribution in [0.2, 0.25) is 0 Å². The number of aromatic nitrogens is 2. The Labute approximate surface area is 84.5 Å². The van der Waals surface area contributed by atoms with Gasteiger partial charge >= 0.3 is 0 Å². The van der Waals surface area contributed by atoms with Crippen LogP contribution >= 0.6 is 0 Å². The number of carbonyl (C=O) groups is 1. The molecule has 1 heterocycles. The summed E-state index contributed by atoms with van der Waals surface area (Å²) in [6.45, 7) is 4.13. The highest BCUT2D eigenvalue weighted by Gasteiger charge is 2.01. The first-order chi connectivity index (χ1) is 6.70. The van der Waals surface area contributed by atoms with Crippen molar-refractivity contribution < 1.29 is 4.79 Å². The van der Waals surface area contributed by atoms with Crippen LogP contribution < -0.4 is 0 Å². The number of hydrogen-bond acceptors (Lipinski definition) is 2. The fourth-order valence-electron chi connectivity index (χ4n) is 1.18. The molecule has 3 nitrogen and oxygen atoms in total. The van der Waals surface area contributed by atoms with Crippen LogP contribution in [0.25, 0.3) is 0 Å². The van der Waals surface area contributed by atoms with Gasteiger partial charge in [-0.15, -0.1) is 0 Å². The Hall–Kier alpha value is -1.38. The number of nitrogens with zero attached hydrogens (tertiary/aromatic N) is 2. The van der Waals surface area contributed by atoms with Crippen molar-refractivity contribution >= 4 is 5.91 Å². The van der Waals surface area contributed by atoms with Crippen molar-refractivity contribution in [3.8, 4) is 0 Å². The van der Waals surface area contributed by atoms with Crippen LogP contribution in [-0.2, 0) is 0 Å². The Bertz CT molecular complexity index is 308. The Balaban J connectivity index is 2.26. The smallest absolute Gasteiger partial charge is 0.231 e. The first kappa shape index (κ1) is 10.7. The molecule has 1 aromatic rings. The largest absolute Gasteiger partial charge is 0.276 e. The van der Waals surface area contributed by atoms with E-state index in [4.69, 9.17) is 0 Å². The second-order valence-electron chi connectivity index (χ2n) is 3.54. The van der Waals surface area contributed by atoms with Crippen molar-refractivity contribution in [2.75, 3.05) is 0 Å². The monoisotopic (exact) mass is 192 g/mol. The minimum Gasteiger partial charge on any atom is -0.276 e. The highest BCUT2D eigenvalue weighted by atomic mass is 16.2. The van der Waals surface area contributed by atoms with Crippen LogP contribution in [0.4, 0.5) is 0 Å². The zero-order chi connectivity index (χ0) is 10.4. The van der Waals surface area contributed by atoms with Crippen molar-refractivity contribution in [3.05, 3.63) is 30.4 Å². The zero-order valence-corrected chi connectivity index (χ0v) is 8.73. The molecule has 14 heavy (non-hydrogen) atoms. The van der Waals surface area contributed by atoms with E-state index in [1.165, 1.54) is 10.1 Å². The molecular formula is C11H16N2O. The predicted molar refractivity (Wildman–Crippen MR) is 56.1 cm³/mol. The molecule has 0 saturated heterocycles. The maximum atomic E-state index is 11.5. The van der Waals surface area contributed by atoms with Gasteiger partial charge in [0.1, 0.15) is 6.33 Å². The lowest BCUT2D eigenvalue weighted by Gasteiger charge is -1.99. The maximum Gasteiger partial charge on any atom is 0.231 e. The SMILES string of the molecule is CC(C)=CCCCC(=O)n1ccnc1. The van der Waals surface area contributed by atoms with Gasteiger partial charge in [0.15, 0.2) is 0 Å². The molecule has 0 saturated carbocycles. The van der Waals surface area contributed by atoms with Crippen LogP contribution in [0, 0.1) is 0 Å². The molecule has 0 amide bonds. The Morgan fingerprint density at radius 1 is 1.50 bits per heavy atom. The van der Waals surface area contributed by atoms with E-state index < -0.39 is 0 Å². The Morgan fingerprint density at radius 2 is 2.29 bits per heavy atom. The van der Waals surface area contributed by atoms with Gasteiger partial charge in [-0.1, -0.05) is 11.6 Å². The first-order valence-corrected chi connectivity index (χ1v) is 4.84. The van der Waals surface area contributed by atoms with Crippen LogP contribution in [0.1, 0.15) is 37.9 Å². The maximum absolute atomic E-state index is 11.5. The van der Waals surface area contributed by atoms with Crippen molar-refractivity contribution in [1.82, 2.24) is 9.55 Å². The van der Waals surface area contributed by atoms with Gasteiger partial charge in [-0.2, -0.15) is 0 Å². The van der Waals surface area contributed by atoms with Crippen molar-refractivity contribution in [2.24, 2.45) is 0 Å². The predicted octanol–water partition coefficient (Wildman–Crippen LogP) is 2.66. The summed E-state index contributed by atoms with van der Waals surface area (Å²) in [7, 11) is 0. The lowest BCUT2D eigenvalue weighted by molar-refractivity contribution is 0.0900. The van der Waals surface area contributed by atoms with E-state index >= 15 is 0 Å². The minimum absolute atomic E-state index is 0.115. The summed E-state index contributed by atoms with van der Waals surface area (Å²) >= 11 is 0. The van der Waals surface area contributed by atoms with Gasteiger partial charge < -0.3 is 0 Å². The number of hydrogen-bond donors (Lipinski definition) is 0. The highest BCUT2D eigenvalue weighted by Crippen LogP contribution is 2.02. The highest BCUT2D eigenvalue weighted by molar-refractivity contribution is 5.78. The molecule has 0 unspecified atom stereocenters. The molecule has 3 heteroatoms. The third-order valence-corrected chi connectivity index (χ3v) is 1.94. The molecule has 0 atom stereocenters. The number of imidazole rings is 1. The molecule has 0 spiro atoms. The standard InChI is InChI=1S/C11H16N2O/c1-10(2)5-3-4-6-11(14)13-8-7-12-9-13/h5,7-9H,3-4,6H2,1-2H3. The van der Waals surface area contributed by atoms with Crippen LogP contribution in [0.15, 0.2) is 30.4 Å². The Morgan fingerprint density at radius 3 is 2.86 bits per heavy atom. The van der Waals surface area contributed by atoms with E-state index in [0.29, 0.717) is 6.42 Å². The van der Waals surface area contributed by atoms with Crippen molar-refractivity contribution in [3.63, 3.8) is 0 Å². The normalized spacial score (nSPS) is 9.86. The lowest BCUT2D eigenvalue weighted by atomic mass is 10.2. The van der Waals surface area contributed by atoms with Gasteiger partial charge in [0, 0.05) is 18.8 Å². The van der Waals surface area contributed by atoms with Gasteiger partial charge in [0.2, 0.25) is 5.91 Å². The van der Waals surface area contributed by atoms with E-state index in [1.807, 2.05) is 0 Å². The fraction of sp³-hybridized carbons (Fsp3) is 0.455. The molecule has 0 bridgehead atoms. The second-order valence-corrected chi connectivity index (χ2v) is 3.54. The number of carbonyl (C=O) groups excluding carboxylic acids is 1. The van der Waals surface area contributed by atoms with E-state index in [-0.39, 0.29) is 5.91 Å². The van der Waals surface area contributed by atoms with Crippen LogP contribution in [0.3, 0.4) is 0 Å². The van der Waals surface area contributed by atoms with Gasteiger partial charge in [0.25, 0.3) is 0 Å². The molecule has 1 aromatic heterocycles. The average Bonchev–Trinajstić information content (AvgIpc) is 2.64. The fourth-order valence-corrected chi connectivity index (χ4v) is 1.18. The van der Waals surface area contributed by atoms with E-state index in [0.717, 1.165) is 12.8 Å². The van der Waals surface area contributed by atoms with Gasteiger partial charge in [0.05, 0.1) is 0 Å². The van der Waals surface area contributed by atoms with Gasteiger partial charge in [-0.25, -0.2) is 4.98 Å². The van der Waals surface area contributed by atoms with E-state index in [9.17, 15) is 4.79 Å². The Kier molecular flexibility index (Phi) is 4.11. The van der Waals surface area contributed by atoms with Gasteiger partial charge in [-0.3, -0.25) is 9.36 Å². The molecular weight excluding hydrogens is 176 g/mol. The van der Waals surface area contributed by atoms with Crippen LogP contribution in [-0.4, -0.2) is 15.5 Å². The molecule has 0 N–H and O–H groups in total. The van der Waals surface area contributed by atoms with E-state index in [1.54, 1.807) is 18.7 Å². The summed E-state index contributed by atoms with van der Waals surface area (Å²) < 4.78 is 1.53. The molecule has 0 aromatic carbocycles. The molecule has 0 aliphatic rings. The molecule has 0 fully saturated rings. The molecule has 1 rings (SSSR count). The summed E-state index contributed by atoms with van der Waals surface area (Å²) in [6.07, 6.45) is 9.47. The van der Waals surface area contributed by atoms with E-state index in [2.05, 4.69) is 24.9 Å². The van der Waals surface area contributed by atoms with Crippen molar-refractivity contribution in [2.45, 2.75) is 33.1 Å². The average molecular weight is 192 g/mol. The number of unbranched alkanes of at least 4 members (excludes halogenated alkanes) is 1. The number of rotatable bonds is 4. The summed E-state index contributed by atoms with van der Waals surface area (Å²) in [6, 6.07) is 0. The lowest BCUT2D eigenvalue weighted by Crippen LogP contribution is -2.07. The topological polar surface area (TPSA) is 34.9 Å². The summed E-state index contributed by atoms with van der Waals surface area (Å²) in [5, 5.41) is 0. The third kappa shape index (κ3) is 3.56. The minimum atomic E-state index is 0.115. The van der Waals surface area contributed by atoms with Gasteiger partial charge in [-0.05, 0) is 26.7 Å².